The normalized spacial score (nSPS) is 13.6. The van der Waals surface area contributed by atoms with Gasteiger partial charge in [0, 0.05) is 0 Å². The molecule has 150 valence electrons. The standard InChI is InChI=1S/C20H28FNO5/c1-13(2)11-15(22-19(25)27-20(3,4)5)17(23)16(21)18(24)26-12-14-9-7-6-8-10-14/h6-10,13,15-16H,11-12H2,1-5H3,(H,22,25)/t15-,16?/m0/s1. The zero-order valence-electron chi connectivity index (χ0n) is 16.5. The Morgan fingerprint density at radius 1 is 1.11 bits per heavy atom. The van der Waals surface area contributed by atoms with Gasteiger partial charge in [0.1, 0.15) is 12.2 Å². The number of ether oxygens (including phenoxy) is 2. The SMILES string of the molecule is CC(C)C[C@H](NC(=O)OC(C)(C)C)C(=O)C(F)C(=O)OCc1ccccc1. The minimum Gasteiger partial charge on any atom is -0.458 e. The van der Waals surface area contributed by atoms with Crippen molar-refractivity contribution in [2.45, 2.75) is 65.5 Å². The molecule has 27 heavy (non-hydrogen) atoms. The van der Waals surface area contributed by atoms with Gasteiger partial charge in [0.15, 0.2) is 0 Å². The average molecular weight is 381 g/mol. The highest BCUT2D eigenvalue weighted by Crippen LogP contribution is 2.13. The molecule has 0 saturated heterocycles. The number of benzene rings is 1. The van der Waals surface area contributed by atoms with Crippen LogP contribution in [-0.4, -0.2) is 35.7 Å². The molecule has 1 unspecified atom stereocenters. The van der Waals surface area contributed by atoms with Crippen LogP contribution in [0.4, 0.5) is 9.18 Å². The van der Waals surface area contributed by atoms with Gasteiger partial charge in [-0.25, -0.2) is 14.0 Å². The van der Waals surface area contributed by atoms with Crippen LogP contribution in [0.1, 0.15) is 46.6 Å². The van der Waals surface area contributed by atoms with E-state index in [1.807, 2.05) is 13.8 Å². The Kier molecular flexibility index (Phi) is 8.40. The van der Waals surface area contributed by atoms with E-state index >= 15 is 0 Å². The summed E-state index contributed by atoms with van der Waals surface area (Å²) in [7, 11) is 0. The molecule has 0 aromatic heterocycles. The maximum atomic E-state index is 14.4. The molecule has 0 fully saturated rings. The number of rotatable bonds is 8. The van der Waals surface area contributed by atoms with E-state index < -0.39 is 35.7 Å². The third-order valence-electron chi connectivity index (χ3n) is 3.42. The van der Waals surface area contributed by atoms with Crippen LogP contribution in [0.3, 0.4) is 0 Å². The van der Waals surface area contributed by atoms with Crippen LogP contribution in [0.5, 0.6) is 0 Å². The maximum Gasteiger partial charge on any atom is 0.408 e. The number of alkyl carbamates (subject to hydrolysis) is 1. The van der Waals surface area contributed by atoms with Crippen LogP contribution < -0.4 is 5.32 Å². The summed E-state index contributed by atoms with van der Waals surface area (Å²) in [6, 6.07) is 7.56. The molecule has 0 saturated carbocycles. The Labute approximate surface area is 159 Å². The molecule has 1 amide bonds. The summed E-state index contributed by atoms with van der Waals surface area (Å²) in [6.45, 7) is 8.51. The molecule has 0 aliphatic rings. The van der Waals surface area contributed by atoms with E-state index in [9.17, 15) is 18.8 Å². The lowest BCUT2D eigenvalue weighted by atomic mass is 9.98. The predicted molar refractivity (Wildman–Crippen MR) is 98.8 cm³/mol. The van der Waals surface area contributed by atoms with Gasteiger partial charge in [-0.05, 0) is 38.7 Å². The molecular weight excluding hydrogens is 353 g/mol. The van der Waals surface area contributed by atoms with Gasteiger partial charge in [0.25, 0.3) is 6.17 Å². The lowest BCUT2D eigenvalue weighted by Gasteiger charge is -2.24. The summed E-state index contributed by atoms with van der Waals surface area (Å²) < 4.78 is 24.3. The fraction of sp³-hybridized carbons (Fsp3) is 0.550. The molecule has 0 bridgehead atoms. The van der Waals surface area contributed by atoms with E-state index in [0.29, 0.717) is 5.56 Å². The maximum absolute atomic E-state index is 14.4. The Balaban J connectivity index is 2.71. The molecule has 0 aliphatic carbocycles. The first-order chi connectivity index (χ1) is 12.5. The highest BCUT2D eigenvalue weighted by molar-refractivity contribution is 6.05. The van der Waals surface area contributed by atoms with E-state index in [2.05, 4.69) is 5.32 Å². The van der Waals surface area contributed by atoms with Gasteiger partial charge in [-0.15, -0.1) is 0 Å². The van der Waals surface area contributed by atoms with Crippen LogP contribution in [-0.2, 0) is 25.7 Å². The number of amides is 1. The van der Waals surface area contributed by atoms with Crippen LogP contribution in [0, 0.1) is 5.92 Å². The van der Waals surface area contributed by atoms with E-state index in [0.717, 1.165) is 0 Å². The zero-order chi connectivity index (χ0) is 20.6. The number of carbonyl (C=O) groups is 3. The third kappa shape index (κ3) is 8.66. The molecular formula is C20H28FNO5. The second-order valence-electron chi connectivity index (χ2n) is 7.69. The van der Waals surface area contributed by atoms with Crippen LogP contribution in [0.15, 0.2) is 30.3 Å². The Hall–Kier alpha value is -2.44. The number of halogens is 1. The van der Waals surface area contributed by atoms with Gasteiger partial charge in [-0.2, -0.15) is 0 Å². The first-order valence-electron chi connectivity index (χ1n) is 8.87. The van der Waals surface area contributed by atoms with Crippen LogP contribution in [0.2, 0.25) is 0 Å². The number of nitrogens with one attached hydrogen (secondary N) is 1. The van der Waals surface area contributed by atoms with E-state index in [-0.39, 0.29) is 18.9 Å². The summed E-state index contributed by atoms with van der Waals surface area (Å²) in [5, 5.41) is 2.36. The van der Waals surface area contributed by atoms with Crippen molar-refractivity contribution in [3.05, 3.63) is 35.9 Å². The van der Waals surface area contributed by atoms with Crippen molar-refractivity contribution in [3.8, 4) is 0 Å². The van der Waals surface area contributed by atoms with E-state index in [4.69, 9.17) is 9.47 Å². The van der Waals surface area contributed by atoms with Crippen molar-refractivity contribution in [1.82, 2.24) is 5.32 Å². The number of Topliss-reactive ketones (excluding diaryl/α,β-unsaturated/α-hetero) is 1. The summed E-state index contributed by atoms with van der Waals surface area (Å²) in [6.07, 6.45) is -3.15. The monoisotopic (exact) mass is 381 g/mol. The lowest BCUT2D eigenvalue weighted by Crippen LogP contribution is -2.48. The molecule has 0 heterocycles. The van der Waals surface area contributed by atoms with Gasteiger partial charge in [0.2, 0.25) is 5.78 Å². The lowest BCUT2D eigenvalue weighted by molar-refractivity contribution is -0.155. The minimum absolute atomic E-state index is 0.0126. The molecule has 1 aromatic rings. The molecule has 7 heteroatoms. The minimum atomic E-state index is -2.48. The Morgan fingerprint density at radius 2 is 1.70 bits per heavy atom. The van der Waals surface area contributed by atoms with Crippen molar-refractivity contribution in [3.63, 3.8) is 0 Å². The molecule has 2 atom stereocenters. The van der Waals surface area contributed by atoms with Crippen molar-refractivity contribution in [2.24, 2.45) is 5.92 Å². The molecule has 6 nitrogen and oxygen atoms in total. The number of esters is 1. The summed E-state index contributed by atoms with van der Waals surface area (Å²) in [5.74, 6) is -2.34. The first kappa shape index (κ1) is 22.6. The van der Waals surface area contributed by atoms with Crippen LogP contribution in [0.25, 0.3) is 0 Å². The quantitative estimate of drug-likeness (QED) is 0.550. The summed E-state index contributed by atoms with van der Waals surface area (Å²) >= 11 is 0. The fourth-order valence-corrected chi connectivity index (χ4v) is 2.26. The smallest absolute Gasteiger partial charge is 0.408 e. The molecule has 0 spiro atoms. The Bertz CT molecular complexity index is 640. The predicted octanol–water partition coefficient (Wildman–Crippen LogP) is 3.58. The second kappa shape index (κ2) is 10.0. The van der Waals surface area contributed by atoms with Gasteiger partial charge in [0.05, 0.1) is 6.04 Å². The third-order valence-corrected chi connectivity index (χ3v) is 3.42. The highest BCUT2D eigenvalue weighted by atomic mass is 19.1. The van der Waals surface area contributed by atoms with E-state index in [1.165, 1.54) is 0 Å². The van der Waals surface area contributed by atoms with Crippen molar-refractivity contribution >= 4 is 17.8 Å². The molecule has 1 rings (SSSR count). The average Bonchev–Trinajstić information content (AvgIpc) is 2.56. The number of ketones is 1. The Morgan fingerprint density at radius 3 is 2.22 bits per heavy atom. The van der Waals surface area contributed by atoms with Crippen molar-refractivity contribution < 1.29 is 28.2 Å². The van der Waals surface area contributed by atoms with Gasteiger partial charge >= 0.3 is 12.1 Å². The highest BCUT2D eigenvalue weighted by Gasteiger charge is 2.35. The topological polar surface area (TPSA) is 81.7 Å². The largest absolute Gasteiger partial charge is 0.458 e. The zero-order valence-corrected chi connectivity index (χ0v) is 16.5. The van der Waals surface area contributed by atoms with Crippen LogP contribution >= 0.6 is 0 Å². The molecule has 1 N–H and O–H groups in total. The number of carbonyl (C=O) groups excluding carboxylic acids is 3. The number of alkyl halides is 1. The summed E-state index contributed by atoms with van der Waals surface area (Å²) in [4.78, 5) is 36.2. The molecule has 0 radical (unpaired) electrons. The van der Waals surface area contributed by atoms with E-state index in [1.54, 1.807) is 51.1 Å². The van der Waals surface area contributed by atoms with Gasteiger partial charge in [-0.1, -0.05) is 44.2 Å². The van der Waals surface area contributed by atoms with Crippen molar-refractivity contribution in [1.29, 1.82) is 0 Å². The van der Waals surface area contributed by atoms with Crippen molar-refractivity contribution in [2.75, 3.05) is 0 Å². The number of hydrogen-bond acceptors (Lipinski definition) is 5. The number of hydrogen-bond donors (Lipinski definition) is 1. The molecule has 0 aliphatic heterocycles. The summed E-state index contributed by atoms with van der Waals surface area (Å²) in [5.41, 5.74) is -0.0877. The second-order valence-corrected chi connectivity index (χ2v) is 7.69. The van der Waals surface area contributed by atoms with Gasteiger partial charge < -0.3 is 14.8 Å². The molecule has 1 aromatic carbocycles. The van der Waals surface area contributed by atoms with Gasteiger partial charge in [-0.3, -0.25) is 4.79 Å². The first-order valence-corrected chi connectivity index (χ1v) is 8.87. The fourth-order valence-electron chi connectivity index (χ4n) is 2.26.